The molecule has 0 amide bonds. The van der Waals surface area contributed by atoms with Gasteiger partial charge < -0.3 is 13.9 Å². The van der Waals surface area contributed by atoms with E-state index >= 15 is 0 Å². The number of nitrogens with zero attached hydrogens (tertiary/aromatic N) is 5. The molecule has 1 fully saturated rings. The monoisotopic (exact) mass is 465 g/mol. The van der Waals surface area contributed by atoms with Crippen molar-refractivity contribution in [2.45, 2.75) is 23.8 Å². The van der Waals surface area contributed by atoms with Crippen LogP contribution in [0.5, 0.6) is 0 Å². The minimum atomic E-state index is -3.54. The highest BCUT2D eigenvalue weighted by molar-refractivity contribution is 7.89. The summed E-state index contributed by atoms with van der Waals surface area (Å²) in [6, 6.07) is 13.8. The molecule has 0 N–H and O–H groups in total. The van der Waals surface area contributed by atoms with Crippen molar-refractivity contribution in [1.82, 2.24) is 13.9 Å². The molecule has 1 saturated heterocycles. The zero-order valence-electron chi connectivity index (χ0n) is 18.3. The minimum absolute atomic E-state index is 0.0232. The third-order valence-corrected chi connectivity index (χ3v) is 8.19. The lowest BCUT2D eigenvalue weighted by molar-refractivity contribution is 0.275. The fourth-order valence-corrected chi connectivity index (χ4v) is 5.67. The number of nitriles is 1. The molecule has 170 valence electrons. The van der Waals surface area contributed by atoms with Gasteiger partial charge in [0.1, 0.15) is 6.07 Å². The third kappa shape index (κ3) is 3.63. The first-order valence-electron chi connectivity index (χ1n) is 10.7. The van der Waals surface area contributed by atoms with E-state index in [1.54, 1.807) is 24.3 Å². The zero-order valence-corrected chi connectivity index (χ0v) is 19.1. The van der Waals surface area contributed by atoms with Gasteiger partial charge in [0.25, 0.3) is 5.56 Å². The Morgan fingerprint density at radius 1 is 1.12 bits per heavy atom. The lowest BCUT2D eigenvalue weighted by Crippen LogP contribution is -2.47. The number of hydrogen-bond acceptors (Lipinski definition) is 7. The molecular formula is C23H23N5O4S. The van der Waals surface area contributed by atoms with Gasteiger partial charge in [-0.05, 0) is 42.7 Å². The molecule has 2 aromatic heterocycles. The van der Waals surface area contributed by atoms with Gasteiger partial charge in [-0.1, -0.05) is 6.07 Å². The van der Waals surface area contributed by atoms with Gasteiger partial charge in [-0.15, -0.1) is 0 Å². The molecule has 2 atom stereocenters. The lowest BCUT2D eigenvalue weighted by Gasteiger charge is -2.42. The van der Waals surface area contributed by atoms with Crippen LogP contribution in [-0.2, 0) is 16.6 Å². The van der Waals surface area contributed by atoms with Crippen LogP contribution in [0.15, 0.2) is 56.6 Å². The molecule has 0 unspecified atom stereocenters. The fourth-order valence-electron chi connectivity index (χ4n) is 4.77. The Hall–Kier alpha value is -3.42. The van der Waals surface area contributed by atoms with E-state index in [9.17, 15) is 18.5 Å². The normalized spacial score (nSPS) is 19.9. The van der Waals surface area contributed by atoms with E-state index in [1.807, 2.05) is 15.5 Å². The Morgan fingerprint density at radius 3 is 2.58 bits per heavy atom. The van der Waals surface area contributed by atoms with Crippen molar-refractivity contribution in [1.29, 1.82) is 5.26 Å². The molecule has 5 rings (SSSR count). The Morgan fingerprint density at radius 2 is 1.88 bits per heavy atom. The molecule has 0 radical (unpaired) electrons. The van der Waals surface area contributed by atoms with Gasteiger partial charge in [0.15, 0.2) is 0 Å². The topological polar surface area (TPSA) is 112 Å². The first-order chi connectivity index (χ1) is 15.8. The number of pyridine rings is 1. The van der Waals surface area contributed by atoms with Crippen molar-refractivity contribution >= 4 is 15.9 Å². The molecule has 2 aliphatic rings. The summed E-state index contributed by atoms with van der Waals surface area (Å²) in [5, 5.41) is 9.69. The van der Waals surface area contributed by atoms with Crippen molar-refractivity contribution in [3.05, 3.63) is 64.2 Å². The summed E-state index contributed by atoms with van der Waals surface area (Å²) < 4.78 is 33.7. The predicted octanol–water partition coefficient (Wildman–Crippen LogP) is 2.25. The van der Waals surface area contributed by atoms with Crippen molar-refractivity contribution in [2.75, 3.05) is 32.1 Å². The summed E-state index contributed by atoms with van der Waals surface area (Å²) in [5.41, 5.74) is 1.82. The summed E-state index contributed by atoms with van der Waals surface area (Å²) in [6.45, 7) is 1.94. The Labute approximate surface area is 191 Å². The Balaban J connectivity index is 1.45. The molecule has 1 aromatic carbocycles. The summed E-state index contributed by atoms with van der Waals surface area (Å²) in [5.74, 6) is 1.12. The molecular weight excluding hydrogens is 442 g/mol. The highest BCUT2D eigenvalue weighted by atomic mass is 32.2. The van der Waals surface area contributed by atoms with Gasteiger partial charge >= 0.3 is 0 Å². The molecule has 2 aliphatic heterocycles. The molecule has 33 heavy (non-hydrogen) atoms. The van der Waals surface area contributed by atoms with E-state index < -0.39 is 10.0 Å². The zero-order chi connectivity index (χ0) is 23.3. The summed E-state index contributed by atoms with van der Waals surface area (Å²) in [4.78, 5) is 18.8. The van der Waals surface area contributed by atoms with E-state index in [0.717, 1.165) is 16.4 Å². The number of benzene rings is 1. The van der Waals surface area contributed by atoms with E-state index in [-0.39, 0.29) is 33.9 Å². The van der Waals surface area contributed by atoms with Crippen molar-refractivity contribution in [3.63, 3.8) is 0 Å². The minimum Gasteiger partial charge on any atom is -0.419 e. The smallest absolute Gasteiger partial charge is 0.250 e. The van der Waals surface area contributed by atoms with E-state index in [0.29, 0.717) is 31.1 Å². The Kier molecular flexibility index (Phi) is 5.11. The van der Waals surface area contributed by atoms with Gasteiger partial charge in [-0.2, -0.15) is 10.2 Å². The van der Waals surface area contributed by atoms with Gasteiger partial charge in [0, 0.05) is 57.0 Å². The van der Waals surface area contributed by atoms with E-state index in [4.69, 9.17) is 4.42 Å². The first kappa shape index (κ1) is 21.4. The number of hydrogen-bond donors (Lipinski definition) is 0. The number of rotatable bonds is 4. The maximum atomic E-state index is 12.3. The molecule has 3 aromatic rings. The second-order valence-corrected chi connectivity index (χ2v) is 10.9. The lowest BCUT2D eigenvalue weighted by atomic mass is 9.83. The largest absolute Gasteiger partial charge is 0.419 e. The van der Waals surface area contributed by atoms with Crippen LogP contribution in [0.3, 0.4) is 0 Å². The summed E-state index contributed by atoms with van der Waals surface area (Å²) in [7, 11) is -0.584. The van der Waals surface area contributed by atoms with Gasteiger partial charge in [0.2, 0.25) is 27.5 Å². The average molecular weight is 466 g/mol. The molecule has 4 heterocycles. The number of fused-ring (bicyclic) bond motifs is 4. The third-order valence-electron chi connectivity index (χ3n) is 6.36. The second-order valence-electron chi connectivity index (χ2n) is 8.70. The van der Waals surface area contributed by atoms with Crippen LogP contribution in [0.25, 0.3) is 11.5 Å². The molecule has 0 aliphatic carbocycles. The van der Waals surface area contributed by atoms with Crippen LogP contribution in [0.1, 0.15) is 23.7 Å². The van der Waals surface area contributed by atoms with Crippen molar-refractivity contribution in [3.8, 4) is 17.5 Å². The van der Waals surface area contributed by atoms with E-state index in [1.165, 1.54) is 26.2 Å². The van der Waals surface area contributed by atoms with E-state index in [2.05, 4.69) is 11.1 Å². The van der Waals surface area contributed by atoms with Crippen molar-refractivity contribution in [2.24, 2.45) is 5.92 Å². The van der Waals surface area contributed by atoms with Crippen LogP contribution in [-0.4, -0.2) is 49.5 Å². The fraction of sp³-hybridized carbons (Fsp3) is 0.348. The van der Waals surface area contributed by atoms with Crippen LogP contribution < -0.4 is 10.5 Å². The number of sulfonamides is 1. The quantitative estimate of drug-likeness (QED) is 0.581. The maximum Gasteiger partial charge on any atom is 0.250 e. The molecule has 10 heteroatoms. The average Bonchev–Trinajstić information content (AvgIpc) is 3.24. The summed E-state index contributed by atoms with van der Waals surface area (Å²) >= 11 is 0. The molecule has 0 saturated carbocycles. The summed E-state index contributed by atoms with van der Waals surface area (Å²) in [6.07, 6.45) is 0.991. The maximum absolute atomic E-state index is 12.3. The van der Waals surface area contributed by atoms with Crippen molar-refractivity contribution < 1.29 is 12.8 Å². The highest BCUT2D eigenvalue weighted by Crippen LogP contribution is 2.39. The van der Waals surface area contributed by atoms with Gasteiger partial charge in [-0.25, -0.2) is 12.7 Å². The van der Waals surface area contributed by atoms with Gasteiger partial charge in [-0.3, -0.25) is 4.79 Å². The predicted molar refractivity (Wildman–Crippen MR) is 121 cm³/mol. The molecule has 9 nitrogen and oxygen atoms in total. The number of aromatic nitrogens is 2. The second kappa shape index (κ2) is 7.86. The van der Waals surface area contributed by atoms with Gasteiger partial charge in [0.05, 0.1) is 4.90 Å². The number of anilines is 1. The number of piperidine rings is 1. The van der Waals surface area contributed by atoms with Crippen LogP contribution >= 0.6 is 0 Å². The SMILES string of the molecule is CN(C)S(=O)(=O)c1ccc(-c2nc(C#N)c(N3C[C@@H]4C[C@@H](C3)c3cccc(=O)n3C4)o2)cc1. The highest BCUT2D eigenvalue weighted by Gasteiger charge is 2.36. The first-order valence-corrected chi connectivity index (χ1v) is 12.1. The Bertz CT molecular complexity index is 1420. The standard InChI is InChI=1S/C23H23N5O4S/c1-26(2)33(30,31)18-8-6-16(7-9-18)22-25-19(11-24)23(32-22)27-12-15-10-17(14-27)20-4-3-5-21(29)28(20)13-15/h3-9,15,17H,10,12-14H2,1-2H3/t15-,17-/m0/s1. The van der Waals surface area contributed by atoms with Crippen LogP contribution in [0, 0.1) is 17.2 Å². The van der Waals surface area contributed by atoms with Crippen LogP contribution in [0.4, 0.5) is 5.88 Å². The van der Waals surface area contributed by atoms with Crippen LogP contribution in [0.2, 0.25) is 0 Å². The number of oxazole rings is 1. The molecule has 0 spiro atoms. The molecule has 2 bridgehead atoms.